The lowest BCUT2D eigenvalue weighted by molar-refractivity contribution is -0.147. The maximum Gasteiger partial charge on any atom is 0.266 e. The van der Waals surface area contributed by atoms with Crippen molar-refractivity contribution >= 4 is 17.4 Å². The third-order valence-corrected chi connectivity index (χ3v) is 4.07. The van der Waals surface area contributed by atoms with Crippen LogP contribution in [0.2, 0.25) is 0 Å². The lowest BCUT2D eigenvalue weighted by atomic mass is 9.93. The highest BCUT2D eigenvalue weighted by Gasteiger charge is 2.50. The Balaban J connectivity index is 1.89. The second-order valence-electron chi connectivity index (χ2n) is 6.20. The van der Waals surface area contributed by atoms with Crippen LogP contribution in [-0.4, -0.2) is 41.7 Å². The van der Waals surface area contributed by atoms with Gasteiger partial charge in [-0.3, -0.25) is 9.59 Å². The number of amides is 1. The second-order valence-corrected chi connectivity index (χ2v) is 6.20. The number of ketones is 1. The SMILES string of the molecule is CC(C)OCCCCC(=O)[C@@]1(O)CCN(c2ccccc2)C1=O. The molecule has 0 aliphatic carbocycles. The lowest BCUT2D eigenvalue weighted by Crippen LogP contribution is -2.46. The topological polar surface area (TPSA) is 66.8 Å². The summed E-state index contributed by atoms with van der Waals surface area (Å²) in [6.07, 6.45) is 1.89. The highest BCUT2D eigenvalue weighted by atomic mass is 16.5. The molecular formula is C18H25NO4. The molecule has 1 saturated heterocycles. The average Bonchev–Trinajstić information content (AvgIpc) is 2.84. The zero-order valence-electron chi connectivity index (χ0n) is 13.8. The van der Waals surface area contributed by atoms with Gasteiger partial charge in [0.2, 0.25) is 5.60 Å². The molecule has 0 aromatic heterocycles. The van der Waals surface area contributed by atoms with Gasteiger partial charge < -0.3 is 14.7 Å². The quantitative estimate of drug-likeness (QED) is 0.590. The molecular weight excluding hydrogens is 294 g/mol. The number of nitrogens with zero attached hydrogens (tertiary/aromatic N) is 1. The van der Waals surface area contributed by atoms with Crippen molar-refractivity contribution in [1.82, 2.24) is 0 Å². The average molecular weight is 319 g/mol. The van der Waals surface area contributed by atoms with Crippen molar-refractivity contribution in [2.24, 2.45) is 0 Å². The molecule has 0 unspecified atom stereocenters. The number of unbranched alkanes of at least 4 members (excludes halogenated alkanes) is 1. The van der Waals surface area contributed by atoms with Crippen LogP contribution in [0.5, 0.6) is 0 Å². The molecule has 0 bridgehead atoms. The summed E-state index contributed by atoms with van der Waals surface area (Å²) in [7, 11) is 0. The Bertz CT molecular complexity index is 543. The summed E-state index contributed by atoms with van der Waals surface area (Å²) < 4.78 is 5.42. The number of carbonyl (C=O) groups is 2. The van der Waals surface area contributed by atoms with Gasteiger partial charge >= 0.3 is 0 Å². The highest BCUT2D eigenvalue weighted by molar-refractivity contribution is 6.16. The smallest absolute Gasteiger partial charge is 0.266 e. The van der Waals surface area contributed by atoms with Crippen LogP contribution in [0.1, 0.15) is 39.5 Å². The Hall–Kier alpha value is -1.72. The van der Waals surface area contributed by atoms with E-state index in [9.17, 15) is 14.7 Å². The molecule has 1 aliphatic heterocycles. The number of Topliss-reactive ketones (excluding diaryl/α,β-unsaturated/α-hetero) is 1. The third kappa shape index (κ3) is 4.18. The molecule has 126 valence electrons. The van der Waals surface area contributed by atoms with E-state index in [1.807, 2.05) is 32.0 Å². The zero-order chi connectivity index (χ0) is 16.9. The number of hydrogen-bond donors (Lipinski definition) is 1. The molecule has 0 spiro atoms. The van der Waals surface area contributed by atoms with Gasteiger partial charge in [0.15, 0.2) is 5.78 Å². The molecule has 1 aromatic carbocycles. The van der Waals surface area contributed by atoms with E-state index in [2.05, 4.69) is 0 Å². The van der Waals surface area contributed by atoms with E-state index in [0.717, 1.165) is 6.42 Å². The summed E-state index contributed by atoms with van der Waals surface area (Å²) in [6, 6.07) is 9.13. The summed E-state index contributed by atoms with van der Waals surface area (Å²) in [5.41, 5.74) is -1.15. The van der Waals surface area contributed by atoms with E-state index in [1.54, 1.807) is 12.1 Å². The van der Waals surface area contributed by atoms with Crippen molar-refractivity contribution in [1.29, 1.82) is 0 Å². The third-order valence-electron chi connectivity index (χ3n) is 4.07. The lowest BCUT2D eigenvalue weighted by Gasteiger charge is -2.21. The number of carbonyl (C=O) groups excluding carboxylic acids is 2. The Morgan fingerprint density at radius 2 is 2.00 bits per heavy atom. The Morgan fingerprint density at radius 1 is 1.30 bits per heavy atom. The van der Waals surface area contributed by atoms with Crippen LogP contribution in [0.25, 0.3) is 0 Å². The van der Waals surface area contributed by atoms with Crippen molar-refractivity contribution in [3.63, 3.8) is 0 Å². The van der Waals surface area contributed by atoms with Gasteiger partial charge in [-0.2, -0.15) is 0 Å². The van der Waals surface area contributed by atoms with E-state index < -0.39 is 11.5 Å². The first-order valence-electron chi connectivity index (χ1n) is 8.19. The minimum Gasteiger partial charge on any atom is -0.379 e. The van der Waals surface area contributed by atoms with Crippen molar-refractivity contribution < 1.29 is 19.4 Å². The molecule has 2 rings (SSSR count). The number of para-hydroxylation sites is 1. The first kappa shape index (κ1) is 17.6. The number of hydrogen-bond acceptors (Lipinski definition) is 4. The molecule has 1 aromatic rings. The zero-order valence-corrected chi connectivity index (χ0v) is 13.8. The first-order chi connectivity index (χ1) is 10.9. The van der Waals surface area contributed by atoms with Crippen LogP contribution in [0.3, 0.4) is 0 Å². The minimum absolute atomic E-state index is 0.155. The molecule has 0 saturated carbocycles. The monoisotopic (exact) mass is 319 g/mol. The van der Waals surface area contributed by atoms with Crippen LogP contribution < -0.4 is 4.90 Å². The fourth-order valence-electron chi connectivity index (χ4n) is 2.73. The number of rotatable bonds is 8. The number of ether oxygens (including phenoxy) is 1. The van der Waals surface area contributed by atoms with Gasteiger partial charge in [0.25, 0.3) is 5.91 Å². The summed E-state index contributed by atoms with van der Waals surface area (Å²) in [5, 5.41) is 10.5. The Morgan fingerprint density at radius 3 is 2.65 bits per heavy atom. The first-order valence-corrected chi connectivity index (χ1v) is 8.19. The number of anilines is 1. The molecule has 1 aliphatic rings. The molecule has 1 atom stereocenters. The van der Waals surface area contributed by atoms with E-state index in [-0.39, 0.29) is 24.7 Å². The van der Waals surface area contributed by atoms with Gasteiger partial charge in [-0.15, -0.1) is 0 Å². The van der Waals surface area contributed by atoms with Gasteiger partial charge in [0, 0.05) is 31.7 Å². The maximum absolute atomic E-state index is 12.5. The van der Waals surface area contributed by atoms with Gasteiger partial charge in [0.1, 0.15) is 0 Å². The van der Waals surface area contributed by atoms with Gasteiger partial charge in [-0.1, -0.05) is 18.2 Å². The van der Waals surface area contributed by atoms with Crippen molar-refractivity contribution in [2.75, 3.05) is 18.1 Å². The van der Waals surface area contributed by atoms with Gasteiger partial charge in [-0.25, -0.2) is 0 Å². The highest BCUT2D eigenvalue weighted by Crippen LogP contribution is 2.30. The largest absolute Gasteiger partial charge is 0.379 e. The molecule has 1 fully saturated rings. The summed E-state index contributed by atoms with van der Waals surface area (Å²) >= 11 is 0. The normalized spacial score (nSPS) is 21.2. The van der Waals surface area contributed by atoms with Crippen molar-refractivity contribution in [2.45, 2.75) is 51.2 Å². The fourth-order valence-corrected chi connectivity index (χ4v) is 2.73. The van der Waals surface area contributed by atoms with Crippen LogP contribution in [0.15, 0.2) is 30.3 Å². The molecule has 23 heavy (non-hydrogen) atoms. The van der Waals surface area contributed by atoms with E-state index >= 15 is 0 Å². The molecule has 5 nitrogen and oxygen atoms in total. The van der Waals surface area contributed by atoms with E-state index in [4.69, 9.17) is 4.74 Å². The van der Waals surface area contributed by atoms with Crippen LogP contribution in [-0.2, 0) is 14.3 Å². The van der Waals surface area contributed by atoms with E-state index in [0.29, 0.717) is 25.3 Å². The maximum atomic E-state index is 12.5. The van der Waals surface area contributed by atoms with Crippen molar-refractivity contribution in [3.05, 3.63) is 30.3 Å². The molecule has 1 heterocycles. The van der Waals surface area contributed by atoms with Crippen LogP contribution >= 0.6 is 0 Å². The molecule has 5 heteroatoms. The van der Waals surface area contributed by atoms with Gasteiger partial charge in [0.05, 0.1) is 6.10 Å². The van der Waals surface area contributed by atoms with Crippen LogP contribution in [0.4, 0.5) is 5.69 Å². The predicted molar refractivity (Wildman–Crippen MR) is 88.3 cm³/mol. The van der Waals surface area contributed by atoms with E-state index in [1.165, 1.54) is 4.90 Å². The number of benzene rings is 1. The summed E-state index contributed by atoms with van der Waals surface area (Å²) in [4.78, 5) is 26.3. The summed E-state index contributed by atoms with van der Waals surface area (Å²) in [5.74, 6) is -0.891. The minimum atomic E-state index is -1.87. The number of aliphatic hydroxyl groups is 1. The Kier molecular flexibility index (Phi) is 5.91. The standard InChI is InChI=1S/C18H25NO4/c1-14(2)23-13-7-6-10-16(20)18(22)11-12-19(17(18)21)15-8-4-3-5-9-15/h3-5,8-9,14,22H,6-7,10-13H2,1-2H3/t18-/m0/s1. The van der Waals surface area contributed by atoms with Crippen LogP contribution in [0, 0.1) is 0 Å². The van der Waals surface area contributed by atoms with Gasteiger partial charge in [-0.05, 0) is 38.8 Å². The molecule has 1 amide bonds. The fraction of sp³-hybridized carbons (Fsp3) is 0.556. The second kappa shape index (κ2) is 7.70. The molecule has 0 radical (unpaired) electrons. The molecule has 1 N–H and O–H groups in total. The van der Waals surface area contributed by atoms with Crippen molar-refractivity contribution in [3.8, 4) is 0 Å². The predicted octanol–water partition coefficient (Wildman–Crippen LogP) is 2.32. The Labute approximate surface area is 137 Å². The summed E-state index contributed by atoms with van der Waals surface area (Å²) in [6.45, 7) is 4.88.